The van der Waals surface area contributed by atoms with Crippen LogP contribution in [0, 0.1) is 18.2 Å². The Balaban J connectivity index is 1.91. The summed E-state index contributed by atoms with van der Waals surface area (Å²) < 4.78 is 72.6. The number of nitrogens with zero attached hydrogens (tertiary/aromatic N) is 1. The number of sulfonamides is 1. The van der Waals surface area contributed by atoms with Crippen molar-refractivity contribution in [3.8, 4) is 11.1 Å². The predicted octanol–water partition coefficient (Wildman–Crippen LogP) is 6.19. The van der Waals surface area contributed by atoms with Crippen LogP contribution in [0.4, 0.5) is 13.2 Å². The molecule has 0 amide bonds. The van der Waals surface area contributed by atoms with Gasteiger partial charge in [-0.15, -0.1) is 0 Å². The average Bonchev–Trinajstić information content (AvgIpc) is 3.51. The Bertz CT molecular complexity index is 1290. The van der Waals surface area contributed by atoms with Gasteiger partial charge in [0.05, 0.1) is 5.25 Å². The predicted molar refractivity (Wildman–Crippen MR) is 125 cm³/mol. The van der Waals surface area contributed by atoms with E-state index in [-0.39, 0.29) is 16.4 Å². The molecule has 178 valence electrons. The van der Waals surface area contributed by atoms with Crippen molar-refractivity contribution in [3.05, 3.63) is 59.5 Å². The molecule has 33 heavy (non-hydrogen) atoms. The van der Waals surface area contributed by atoms with Gasteiger partial charge in [0.2, 0.25) is 10.0 Å². The molecule has 0 radical (unpaired) electrons. The van der Waals surface area contributed by atoms with Crippen molar-refractivity contribution < 1.29 is 21.6 Å². The van der Waals surface area contributed by atoms with Crippen LogP contribution in [0.2, 0.25) is 0 Å². The summed E-state index contributed by atoms with van der Waals surface area (Å²) in [5.74, 6) is -0.537. The first-order chi connectivity index (χ1) is 15.4. The van der Waals surface area contributed by atoms with Crippen molar-refractivity contribution in [2.24, 2.45) is 5.41 Å². The second-order valence-electron chi connectivity index (χ2n) is 10.1. The first kappa shape index (κ1) is 23.8. The molecule has 1 N–H and O–H groups in total. The molecule has 1 unspecified atom stereocenters. The van der Waals surface area contributed by atoms with Gasteiger partial charge in [-0.2, -0.15) is 0 Å². The Morgan fingerprint density at radius 1 is 1.12 bits per heavy atom. The van der Waals surface area contributed by atoms with Gasteiger partial charge in [0.15, 0.2) is 0 Å². The minimum Gasteiger partial charge on any atom is -0.347 e. The molecular weight excluding hydrogens is 449 g/mol. The van der Waals surface area contributed by atoms with E-state index in [0.717, 1.165) is 11.1 Å². The molecule has 1 aliphatic rings. The maximum atomic E-state index is 15.3. The average molecular weight is 479 g/mol. The van der Waals surface area contributed by atoms with Crippen molar-refractivity contribution in [1.82, 2.24) is 9.29 Å². The number of rotatable bonds is 7. The van der Waals surface area contributed by atoms with Gasteiger partial charge in [-0.1, -0.05) is 45.0 Å². The molecule has 0 spiro atoms. The van der Waals surface area contributed by atoms with Crippen molar-refractivity contribution in [1.29, 1.82) is 0 Å². The quantitative estimate of drug-likeness (QED) is 0.440. The third kappa shape index (κ3) is 4.96. The van der Waals surface area contributed by atoms with Crippen molar-refractivity contribution in [3.63, 3.8) is 0 Å². The summed E-state index contributed by atoms with van der Waals surface area (Å²) in [4.78, 5) is 0. The van der Waals surface area contributed by atoms with Gasteiger partial charge in [0.1, 0.15) is 11.9 Å². The Morgan fingerprint density at radius 3 is 2.36 bits per heavy atom. The standard InChI is InChI=1S/C25H29F3N2O2S/c1-15-7-5-6-8-17(15)18-12-22-19(11-21(18)26)20(13-30(22)14-25(2,3)4)23(24(27)28)29-33(31,32)16-9-10-16/h5-8,11-13,16,23-24,29H,9-10,14H2,1-4H3. The highest BCUT2D eigenvalue weighted by Gasteiger charge is 2.40. The summed E-state index contributed by atoms with van der Waals surface area (Å²) in [6, 6.07) is 8.59. The van der Waals surface area contributed by atoms with Crippen molar-refractivity contribution in [2.45, 2.75) is 64.8 Å². The number of alkyl halides is 2. The van der Waals surface area contributed by atoms with Gasteiger partial charge in [0.25, 0.3) is 6.43 Å². The van der Waals surface area contributed by atoms with E-state index in [1.807, 2.05) is 56.5 Å². The first-order valence-electron chi connectivity index (χ1n) is 11.0. The van der Waals surface area contributed by atoms with Gasteiger partial charge in [-0.05, 0) is 48.4 Å². The summed E-state index contributed by atoms with van der Waals surface area (Å²) in [6.07, 6.45) is -0.508. The van der Waals surface area contributed by atoms with Crippen LogP contribution in [0.1, 0.15) is 50.8 Å². The molecule has 3 aromatic rings. The Kier molecular flexibility index (Phi) is 6.12. The van der Waals surface area contributed by atoms with Crippen LogP contribution in [0.5, 0.6) is 0 Å². The fourth-order valence-corrected chi connectivity index (χ4v) is 5.74. The van der Waals surface area contributed by atoms with E-state index in [9.17, 15) is 17.2 Å². The van der Waals surface area contributed by atoms with Gasteiger partial charge in [-0.3, -0.25) is 0 Å². The van der Waals surface area contributed by atoms with E-state index in [0.29, 0.717) is 30.5 Å². The van der Waals surface area contributed by atoms with Gasteiger partial charge >= 0.3 is 0 Å². The van der Waals surface area contributed by atoms with Gasteiger partial charge in [-0.25, -0.2) is 26.3 Å². The third-order valence-corrected chi connectivity index (χ3v) is 7.85. The molecule has 4 rings (SSSR count). The molecule has 1 saturated carbocycles. The van der Waals surface area contributed by atoms with E-state index in [1.54, 1.807) is 12.3 Å². The van der Waals surface area contributed by atoms with E-state index in [4.69, 9.17) is 0 Å². The van der Waals surface area contributed by atoms with E-state index in [2.05, 4.69) is 4.72 Å². The highest BCUT2D eigenvalue weighted by molar-refractivity contribution is 7.90. The minimum absolute atomic E-state index is 0.0868. The Labute approximate surface area is 192 Å². The maximum Gasteiger partial charge on any atom is 0.258 e. The number of halogens is 3. The summed E-state index contributed by atoms with van der Waals surface area (Å²) in [7, 11) is -3.87. The van der Waals surface area contributed by atoms with Crippen molar-refractivity contribution in [2.75, 3.05) is 0 Å². The number of aryl methyl sites for hydroxylation is 1. The monoisotopic (exact) mass is 478 g/mol. The van der Waals surface area contributed by atoms with Crippen LogP contribution in [-0.4, -0.2) is 24.7 Å². The summed E-state index contributed by atoms with van der Waals surface area (Å²) in [5, 5.41) is -0.344. The van der Waals surface area contributed by atoms with Crippen LogP contribution in [-0.2, 0) is 16.6 Å². The molecule has 1 atom stereocenters. The largest absolute Gasteiger partial charge is 0.347 e. The molecule has 0 bridgehead atoms. The van der Waals surface area contributed by atoms with Gasteiger partial charge < -0.3 is 4.57 Å². The maximum absolute atomic E-state index is 15.3. The third-order valence-electron chi connectivity index (χ3n) is 5.92. The van der Waals surface area contributed by atoms with Crippen LogP contribution in [0.15, 0.2) is 42.6 Å². The molecule has 8 heteroatoms. The van der Waals surface area contributed by atoms with E-state index < -0.39 is 33.6 Å². The Morgan fingerprint density at radius 2 is 1.79 bits per heavy atom. The number of nitrogens with one attached hydrogen (secondary N) is 1. The topological polar surface area (TPSA) is 51.1 Å². The zero-order valence-electron chi connectivity index (χ0n) is 19.2. The van der Waals surface area contributed by atoms with Crippen LogP contribution in [0.25, 0.3) is 22.0 Å². The molecular formula is C25H29F3N2O2S. The minimum atomic E-state index is -3.87. The van der Waals surface area contributed by atoms with Crippen LogP contribution in [0.3, 0.4) is 0 Å². The lowest BCUT2D eigenvalue weighted by Gasteiger charge is -2.20. The second kappa shape index (κ2) is 8.47. The number of aromatic nitrogens is 1. The van der Waals surface area contributed by atoms with E-state index in [1.165, 1.54) is 6.07 Å². The summed E-state index contributed by atoms with van der Waals surface area (Å²) >= 11 is 0. The lowest BCUT2D eigenvalue weighted by molar-refractivity contribution is 0.109. The first-order valence-corrected chi connectivity index (χ1v) is 12.6. The molecule has 0 saturated heterocycles. The van der Waals surface area contributed by atoms with Crippen LogP contribution >= 0.6 is 0 Å². The smallest absolute Gasteiger partial charge is 0.258 e. The second-order valence-corrected chi connectivity index (χ2v) is 12.1. The number of hydrogen-bond donors (Lipinski definition) is 1. The molecule has 4 nitrogen and oxygen atoms in total. The fourth-order valence-electron chi connectivity index (χ4n) is 4.21. The molecule has 1 heterocycles. The number of hydrogen-bond acceptors (Lipinski definition) is 2. The zero-order valence-corrected chi connectivity index (χ0v) is 20.0. The molecule has 1 fully saturated rings. The normalized spacial score (nSPS) is 16.0. The zero-order chi connectivity index (χ0) is 24.1. The summed E-state index contributed by atoms with van der Waals surface area (Å²) in [5.41, 5.74) is 2.50. The number of benzene rings is 2. The number of fused-ring (bicyclic) bond motifs is 1. The highest BCUT2D eigenvalue weighted by atomic mass is 32.2. The SMILES string of the molecule is Cc1ccccc1-c1cc2c(cc1F)c(C(NS(=O)(=O)C1CC1)C(F)F)cn2CC(C)(C)C. The van der Waals surface area contributed by atoms with Crippen LogP contribution < -0.4 is 4.72 Å². The lowest BCUT2D eigenvalue weighted by Crippen LogP contribution is -2.35. The molecule has 1 aliphatic carbocycles. The van der Waals surface area contributed by atoms with Crippen molar-refractivity contribution >= 4 is 20.9 Å². The Hall–Kier alpha value is -2.32. The molecule has 1 aromatic heterocycles. The molecule has 2 aromatic carbocycles. The lowest BCUT2D eigenvalue weighted by atomic mass is 9.96. The summed E-state index contributed by atoms with van der Waals surface area (Å²) in [6.45, 7) is 8.44. The molecule has 0 aliphatic heterocycles. The van der Waals surface area contributed by atoms with Gasteiger partial charge in [0, 0.05) is 34.8 Å². The van der Waals surface area contributed by atoms with E-state index >= 15 is 4.39 Å². The fraction of sp³-hybridized carbons (Fsp3) is 0.440. The highest BCUT2D eigenvalue weighted by Crippen LogP contribution is 2.38.